The molecule has 0 aliphatic rings. The zero-order valence-corrected chi connectivity index (χ0v) is 11.2. The van der Waals surface area contributed by atoms with Gasteiger partial charge in [-0.3, -0.25) is 9.52 Å². The molecule has 1 aromatic carbocycles. The third-order valence-electron chi connectivity index (χ3n) is 2.34. The maximum absolute atomic E-state index is 12.0. The number of primary amides is 1. The number of nitrogens with two attached hydrogens (primary N) is 1. The van der Waals surface area contributed by atoms with E-state index in [1.54, 1.807) is 12.1 Å². The molecule has 2 rings (SSSR count). The van der Waals surface area contributed by atoms with Crippen molar-refractivity contribution in [2.45, 2.75) is 11.8 Å². The van der Waals surface area contributed by atoms with Gasteiger partial charge in [0.15, 0.2) is 11.5 Å². The van der Waals surface area contributed by atoms with E-state index in [2.05, 4.69) is 20.1 Å². The van der Waals surface area contributed by atoms with Gasteiger partial charge in [0, 0.05) is 0 Å². The van der Waals surface area contributed by atoms with Gasteiger partial charge in [-0.15, -0.1) is 10.2 Å². The van der Waals surface area contributed by atoms with E-state index in [1.807, 2.05) is 6.92 Å². The van der Waals surface area contributed by atoms with Crippen LogP contribution in [0.1, 0.15) is 16.1 Å². The number of amides is 1. The van der Waals surface area contributed by atoms with Gasteiger partial charge in [0.05, 0.1) is 4.90 Å². The Morgan fingerprint density at radius 3 is 2.40 bits per heavy atom. The number of benzene rings is 1. The molecule has 20 heavy (non-hydrogen) atoms. The first-order valence-corrected chi connectivity index (χ1v) is 6.68. The molecule has 0 spiro atoms. The fourth-order valence-electron chi connectivity index (χ4n) is 1.38. The summed E-state index contributed by atoms with van der Waals surface area (Å²) >= 11 is 0. The SMILES string of the molecule is Cc1ccc(S(=O)(=O)Nc2n[nH]nc2C(N)=O)cc1.O. The minimum Gasteiger partial charge on any atom is -0.412 e. The van der Waals surface area contributed by atoms with Crippen molar-refractivity contribution < 1.29 is 18.7 Å². The molecule has 9 nitrogen and oxygen atoms in total. The third-order valence-corrected chi connectivity index (χ3v) is 3.70. The number of carbonyl (C=O) groups excluding carboxylic acids is 1. The maximum atomic E-state index is 12.0. The van der Waals surface area contributed by atoms with E-state index in [4.69, 9.17) is 5.73 Å². The van der Waals surface area contributed by atoms with E-state index in [0.717, 1.165) is 5.56 Å². The summed E-state index contributed by atoms with van der Waals surface area (Å²) in [4.78, 5) is 11.1. The lowest BCUT2D eigenvalue weighted by Gasteiger charge is -2.06. The number of nitrogens with zero attached hydrogens (tertiary/aromatic N) is 2. The predicted molar refractivity (Wildman–Crippen MR) is 70.5 cm³/mol. The Bertz CT molecular complexity index is 708. The van der Waals surface area contributed by atoms with Crippen LogP contribution in [0.3, 0.4) is 0 Å². The molecule has 6 N–H and O–H groups in total. The van der Waals surface area contributed by atoms with Gasteiger partial charge in [0.1, 0.15) is 0 Å². The minimum absolute atomic E-state index is 0. The molecule has 0 aliphatic heterocycles. The monoisotopic (exact) mass is 299 g/mol. The van der Waals surface area contributed by atoms with E-state index in [1.165, 1.54) is 12.1 Å². The second-order valence-corrected chi connectivity index (χ2v) is 5.49. The lowest BCUT2D eigenvalue weighted by atomic mass is 10.2. The number of H-pyrrole nitrogens is 1. The van der Waals surface area contributed by atoms with Crippen molar-refractivity contribution in [3.8, 4) is 0 Å². The fraction of sp³-hybridized carbons (Fsp3) is 0.100. The summed E-state index contributed by atoms with van der Waals surface area (Å²) in [5.74, 6) is -1.11. The Kier molecular flexibility index (Phi) is 4.42. The number of hydrogen-bond acceptors (Lipinski definition) is 5. The van der Waals surface area contributed by atoms with E-state index in [9.17, 15) is 13.2 Å². The van der Waals surface area contributed by atoms with Crippen molar-refractivity contribution in [2.24, 2.45) is 5.73 Å². The number of aromatic nitrogens is 3. The van der Waals surface area contributed by atoms with Gasteiger partial charge in [-0.2, -0.15) is 5.21 Å². The molecule has 0 aliphatic carbocycles. The van der Waals surface area contributed by atoms with E-state index < -0.39 is 15.9 Å². The van der Waals surface area contributed by atoms with Crippen molar-refractivity contribution in [2.75, 3.05) is 4.72 Å². The van der Waals surface area contributed by atoms with Gasteiger partial charge in [-0.25, -0.2) is 8.42 Å². The Labute approximate surface area is 114 Å². The Hall–Kier alpha value is -2.46. The first-order chi connectivity index (χ1) is 8.90. The lowest BCUT2D eigenvalue weighted by molar-refractivity contribution is 0.0996. The van der Waals surface area contributed by atoms with Crippen LogP contribution in [0.15, 0.2) is 29.2 Å². The number of aryl methyl sites for hydroxylation is 1. The topological polar surface area (TPSA) is 162 Å². The summed E-state index contributed by atoms with van der Waals surface area (Å²) in [6, 6.07) is 6.21. The number of hydrogen-bond donors (Lipinski definition) is 3. The van der Waals surface area contributed by atoms with Gasteiger partial charge < -0.3 is 11.2 Å². The molecule has 0 radical (unpaired) electrons. The fourth-order valence-corrected chi connectivity index (χ4v) is 2.39. The molecule has 1 amide bonds. The molecular formula is C10H13N5O4S. The van der Waals surface area contributed by atoms with Crippen molar-refractivity contribution >= 4 is 21.7 Å². The third kappa shape index (κ3) is 3.10. The zero-order valence-electron chi connectivity index (χ0n) is 10.4. The normalized spacial score (nSPS) is 10.7. The van der Waals surface area contributed by atoms with Gasteiger partial charge in [0.25, 0.3) is 15.9 Å². The van der Waals surface area contributed by atoms with Crippen LogP contribution in [-0.2, 0) is 10.0 Å². The molecule has 1 aromatic heterocycles. The average molecular weight is 299 g/mol. The van der Waals surface area contributed by atoms with Crippen LogP contribution in [0, 0.1) is 6.92 Å². The quantitative estimate of drug-likeness (QED) is 0.671. The van der Waals surface area contributed by atoms with E-state index in [0.29, 0.717) is 0 Å². The highest BCUT2D eigenvalue weighted by Gasteiger charge is 2.20. The molecule has 0 saturated carbocycles. The van der Waals surface area contributed by atoms with Crippen molar-refractivity contribution in [3.05, 3.63) is 35.5 Å². The Morgan fingerprint density at radius 1 is 1.25 bits per heavy atom. The first kappa shape index (κ1) is 15.6. The summed E-state index contributed by atoms with van der Waals surface area (Å²) < 4.78 is 26.2. The summed E-state index contributed by atoms with van der Waals surface area (Å²) in [5, 5.41) is 9.14. The Balaban J connectivity index is 0.00000200. The highest BCUT2D eigenvalue weighted by molar-refractivity contribution is 7.92. The van der Waals surface area contributed by atoms with Crippen molar-refractivity contribution in [1.82, 2.24) is 15.4 Å². The maximum Gasteiger partial charge on any atom is 0.273 e. The first-order valence-electron chi connectivity index (χ1n) is 5.20. The van der Waals surface area contributed by atoms with Crippen LogP contribution in [0.2, 0.25) is 0 Å². The second kappa shape index (κ2) is 5.67. The van der Waals surface area contributed by atoms with Gasteiger partial charge in [0.2, 0.25) is 0 Å². The Morgan fingerprint density at radius 2 is 1.85 bits per heavy atom. The zero-order chi connectivity index (χ0) is 14.0. The van der Waals surface area contributed by atoms with Gasteiger partial charge >= 0.3 is 0 Å². The van der Waals surface area contributed by atoms with Crippen LogP contribution in [0.4, 0.5) is 5.82 Å². The number of anilines is 1. The number of rotatable bonds is 4. The van der Waals surface area contributed by atoms with Crippen LogP contribution in [0.5, 0.6) is 0 Å². The molecular weight excluding hydrogens is 286 g/mol. The smallest absolute Gasteiger partial charge is 0.273 e. The summed E-state index contributed by atoms with van der Waals surface area (Å²) in [6.45, 7) is 1.84. The summed E-state index contributed by atoms with van der Waals surface area (Å²) in [7, 11) is -3.84. The average Bonchev–Trinajstić information content (AvgIpc) is 2.77. The molecule has 108 valence electrons. The largest absolute Gasteiger partial charge is 0.412 e. The predicted octanol–water partition coefficient (Wildman–Crippen LogP) is -0.812. The molecule has 0 saturated heterocycles. The van der Waals surface area contributed by atoms with Crippen LogP contribution < -0.4 is 10.5 Å². The molecule has 2 aromatic rings. The van der Waals surface area contributed by atoms with E-state index >= 15 is 0 Å². The van der Waals surface area contributed by atoms with Gasteiger partial charge in [-0.05, 0) is 19.1 Å². The lowest BCUT2D eigenvalue weighted by Crippen LogP contribution is -2.18. The molecule has 10 heteroatoms. The number of sulfonamides is 1. The van der Waals surface area contributed by atoms with Crippen LogP contribution in [-0.4, -0.2) is 35.2 Å². The number of aromatic amines is 1. The van der Waals surface area contributed by atoms with Crippen LogP contribution >= 0.6 is 0 Å². The van der Waals surface area contributed by atoms with E-state index in [-0.39, 0.29) is 21.9 Å². The summed E-state index contributed by atoms with van der Waals surface area (Å²) in [5.41, 5.74) is 5.70. The molecule has 1 heterocycles. The van der Waals surface area contributed by atoms with Crippen LogP contribution in [0.25, 0.3) is 0 Å². The molecule has 0 bridgehead atoms. The molecule has 0 unspecified atom stereocenters. The standard InChI is InChI=1S/C10H11N5O3S.H2O/c1-6-2-4-7(5-3-6)19(17,18)14-10-8(9(11)16)12-15-13-10;/h2-5H,1H3,(H2,11,16)(H2,12,13,14,15);1H2. The minimum atomic E-state index is -3.84. The second-order valence-electron chi connectivity index (χ2n) is 3.80. The number of nitrogens with one attached hydrogen (secondary N) is 2. The highest BCUT2D eigenvalue weighted by atomic mass is 32.2. The highest BCUT2D eigenvalue weighted by Crippen LogP contribution is 2.16. The van der Waals surface area contributed by atoms with Crippen molar-refractivity contribution in [3.63, 3.8) is 0 Å². The van der Waals surface area contributed by atoms with Gasteiger partial charge in [-0.1, -0.05) is 17.7 Å². The summed E-state index contributed by atoms with van der Waals surface area (Å²) in [6.07, 6.45) is 0. The molecule has 0 atom stereocenters. The van der Waals surface area contributed by atoms with Crippen molar-refractivity contribution in [1.29, 1.82) is 0 Å². The number of carbonyl (C=O) groups is 1. The molecule has 0 fully saturated rings.